The standard InChI is InChI=1S/C15H18IN3S/c16-19-7-2-11(3-8-19)13-14-12(4-10-20-14)1-6-18-9-5-17-15(13)18/h5,9H,1-4,6-8,10H2. The summed E-state index contributed by atoms with van der Waals surface area (Å²) in [5, 5.41) is 0. The molecule has 0 radical (unpaired) electrons. The summed E-state index contributed by atoms with van der Waals surface area (Å²) < 4.78 is 4.76. The van der Waals surface area contributed by atoms with Gasteiger partial charge in [0, 0.05) is 71.1 Å². The predicted octanol–water partition coefficient (Wildman–Crippen LogP) is 3.88. The van der Waals surface area contributed by atoms with Crippen LogP contribution in [0.2, 0.25) is 0 Å². The summed E-state index contributed by atoms with van der Waals surface area (Å²) in [4.78, 5) is 6.27. The van der Waals surface area contributed by atoms with Crippen LogP contribution in [0.25, 0.3) is 5.57 Å². The molecule has 0 N–H and O–H groups in total. The second-order valence-corrected chi connectivity index (χ2v) is 8.08. The summed E-state index contributed by atoms with van der Waals surface area (Å²) >= 11 is 4.51. The molecule has 1 aromatic heterocycles. The minimum atomic E-state index is 1.10. The molecule has 1 fully saturated rings. The van der Waals surface area contributed by atoms with Gasteiger partial charge in [-0.2, -0.15) is 0 Å². The van der Waals surface area contributed by atoms with Crippen molar-refractivity contribution < 1.29 is 0 Å². The molecule has 0 aromatic carbocycles. The summed E-state index contributed by atoms with van der Waals surface area (Å²) in [7, 11) is 0. The van der Waals surface area contributed by atoms with Crippen LogP contribution in [0.5, 0.6) is 0 Å². The third-order valence-corrected chi connectivity index (χ3v) is 6.61. The topological polar surface area (TPSA) is 21.1 Å². The Morgan fingerprint density at radius 3 is 2.70 bits per heavy atom. The van der Waals surface area contributed by atoms with Gasteiger partial charge in [0.25, 0.3) is 0 Å². The van der Waals surface area contributed by atoms with E-state index in [9.17, 15) is 0 Å². The molecule has 0 spiro atoms. The molecule has 0 amide bonds. The van der Waals surface area contributed by atoms with Crippen LogP contribution in [0.4, 0.5) is 0 Å². The second-order valence-electron chi connectivity index (χ2n) is 5.61. The number of aryl methyl sites for hydroxylation is 1. The van der Waals surface area contributed by atoms with Gasteiger partial charge in [-0.3, -0.25) is 0 Å². The smallest absolute Gasteiger partial charge is 0.140 e. The molecule has 1 saturated heterocycles. The van der Waals surface area contributed by atoms with Gasteiger partial charge < -0.3 is 4.57 Å². The van der Waals surface area contributed by atoms with E-state index in [1.807, 2.05) is 6.20 Å². The van der Waals surface area contributed by atoms with E-state index in [0.717, 1.165) is 6.54 Å². The van der Waals surface area contributed by atoms with Crippen molar-refractivity contribution in [3.8, 4) is 0 Å². The van der Waals surface area contributed by atoms with E-state index in [2.05, 4.69) is 48.5 Å². The number of hydrogen-bond acceptors (Lipinski definition) is 3. The molecule has 106 valence electrons. The van der Waals surface area contributed by atoms with E-state index < -0.39 is 0 Å². The largest absolute Gasteiger partial charge is 0.331 e. The number of nitrogens with zero attached hydrogens (tertiary/aromatic N) is 3. The zero-order valence-corrected chi connectivity index (χ0v) is 14.4. The first-order chi connectivity index (χ1) is 9.83. The number of hydrogen-bond donors (Lipinski definition) is 0. The molecular weight excluding hydrogens is 381 g/mol. The highest BCUT2D eigenvalue weighted by atomic mass is 127. The Labute approximate surface area is 138 Å². The average Bonchev–Trinajstić information content (AvgIpc) is 3.07. The van der Waals surface area contributed by atoms with Gasteiger partial charge in [0.15, 0.2) is 0 Å². The van der Waals surface area contributed by atoms with Crippen LogP contribution in [0.1, 0.15) is 31.5 Å². The molecule has 3 nitrogen and oxygen atoms in total. The van der Waals surface area contributed by atoms with Crippen molar-refractivity contribution in [2.24, 2.45) is 0 Å². The maximum absolute atomic E-state index is 4.69. The van der Waals surface area contributed by atoms with Crippen molar-refractivity contribution in [2.75, 3.05) is 18.8 Å². The zero-order valence-electron chi connectivity index (χ0n) is 11.4. The summed E-state index contributed by atoms with van der Waals surface area (Å²) in [5.74, 6) is 2.49. The first kappa shape index (κ1) is 13.4. The van der Waals surface area contributed by atoms with Gasteiger partial charge in [-0.15, -0.1) is 11.8 Å². The average molecular weight is 399 g/mol. The molecule has 0 unspecified atom stereocenters. The quantitative estimate of drug-likeness (QED) is 0.488. The SMILES string of the molecule is IN1CCC(=C2C3=C(CCS3)CCn3ccnc32)CC1. The molecule has 3 aliphatic heterocycles. The number of thioether (sulfide) groups is 1. The highest BCUT2D eigenvalue weighted by Gasteiger charge is 2.28. The first-order valence-corrected chi connectivity index (χ1v) is 9.27. The van der Waals surface area contributed by atoms with Gasteiger partial charge in [0.05, 0.1) is 0 Å². The van der Waals surface area contributed by atoms with Gasteiger partial charge >= 0.3 is 0 Å². The van der Waals surface area contributed by atoms with E-state index in [0.29, 0.717) is 0 Å². The number of piperidine rings is 1. The van der Waals surface area contributed by atoms with Gasteiger partial charge in [-0.05, 0) is 25.7 Å². The van der Waals surface area contributed by atoms with Gasteiger partial charge in [0.1, 0.15) is 5.82 Å². The Bertz CT molecular complexity index is 592. The Balaban J connectivity index is 1.85. The van der Waals surface area contributed by atoms with E-state index in [4.69, 9.17) is 4.98 Å². The lowest BCUT2D eigenvalue weighted by molar-refractivity contribution is 0.468. The first-order valence-electron chi connectivity index (χ1n) is 7.32. The highest BCUT2D eigenvalue weighted by molar-refractivity contribution is 14.1. The Hall–Kier alpha value is -0.270. The normalized spacial score (nSPS) is 23.9. The summed E-state index contributed by atoms with van der Waals surface area (Å²) in [6, 6.07) is 0. The third-order valence-electron chi connectivity index (χ3n) is 4.46. The molecule has 3 aliphatic rings. The lowest BCUT2D eigenvalue weighted by Gasteiger charge is -2.25. The number of rotatable bonds is 0. The van der Waals surface area contributed by atoms with Crippen molar-refractivity contribution in [1.29, 1.82) is 0 Å². The Kier molecular flexibility index (Phi) is 3.68. The van der Waals surface area contributed by atoms with Crippen LogP contribution >= 0.6 is 34.6 Å². The van der Waals surface area contributed by atoms with Crippen molar-refractivity contribution >= 4 is 40.2 Å². The number of aromatic nitrogens is 2. The third kappa shape index (κ3) is 2.27. The fraction of sp³-hybridized carbons (Fsp3) is 0.533. The number of imidazole rings is 1. The maximum atomic E-state index is 4.69. The fourth-order valence-corrected chi connectivity index (χ4v) is 5.20. The predicted molar refractivity (Wildman–Crippen MR) is 92.7 cm³/mol. The van der Waals surface area contributed by atoms with E-state index in [1.54, 1.807) is 16.1 Å². The number of fused-ring (bicyclic) bond motifs is 1. The molecule has 5 heteroatoms. The van der Waals surface area contributed by atoms with Crippen molar-refractivity contribution in [3.63, 3.8) is 0 Å². The molecule has 1 aromatic rings. The minimum Gasteiger partial charge on any atom is -0.331 e. The van der Waals surface area contributed by atoms with Crippen LogP contribution in [-0.2, 0) is 6.54 Å². The molecule has 4 heterocycles. The monoisotopic (exact) mass is 399 g/mol. The number of halogens is 1. The molecule has 0 atom stereocenters. The van der Waals surface area contributed by atoms with Crippen LogP contribution in [0.15, 0.2) is 28.4 Å². The Morgan fingerprint density at radius 2 is 1.85 bits per heavy atom. The van der Waals surface area contributed by atoms with E-state index in [-0.39, 0.29) is 0 Å². The molecule has 0 bridgehead atoms. The van der Waals surface area contributed by atoms with Crippen LogP contribution < -0.4 is 0 Å². The zero-order chi connectivity index (χ0) is 13.5. The number of allylic oxidation sites excluding steroid dienone is 2. The summed E-state index contributed by atoms with van der Waals surface area (Å²) in [6.45, 7) is 3.45. The van der Waals surface area contributed by atoms with Crippen molar-refractivity contribution in [1.82, 2.24) is 12.7 Å². The van der Waals surface area contributed by atoms with Gasteiger partial charge in [-0.1, -0.05) is 11.1 Å². The Morgan fingerprint density at radius 1 is 1.05 bits per heavy atom. The fourth-order valence-electron chi connectivity index (χ4n) is 3.37. The summed E-state index contributed by atoms with van der Waals surface area (Å²) in [6.07, 6.45) is 9.00. The second kappa shape index (κ2) is 5.50. The minimum absolute atomic E-state index is 1.10. The highest BCUT2D eigenvalue weighted by Crippen LogP contribution is 2.46. The van der Waals surface area contributed by atoms with Gasteiger partial charge in [0.2, 0.25) is 0 Å². The molecular formula is C15H18IN3S. The van der Waals surface area contributed by atoms with Crippen LogP contribution in [-0.4, -0.2) is 31.5 Å². The molecule has 4 rings (SSSR count). The van der Waals surface area contributed by atoms with Crippen LogP contribution in [0, 0.1) is 0 Å². The molecule has 0 saturated carbocycles. The van der Waals surface area contributed by atoms with Crippen molar-refractivity contribution in [3.05, 3.63) is 34.3 Å². The maximum Gasteiger partial charge on any atom is 0.140 e. The molecule has 0 aliphatic carbocycles. The van der Waals surface area contributed by atoms with Crippen LogP contribution in [0.3, 0.4) is 0 Å². The lowest BCUT2D eigenvalue weighted by Crippen LogP contribution is -2.22. The molecule has 20 heavy (non-hydrogen) atoms. The van der Waals surface area contributed by atoms with Crippen molar-refractivity contribution in [2.45, 2.75) is 32.2 Å². The van der Waals surface area contributed by atoms with E-state index in [1.165, 1.54) is 55.9 Å². The lowest BCUT2D eigenvalue weighted by atomic mass is 9.96. The summed E-state index contributed by atoms with van der Waals surface area (Å²) in [5.41, 5.74) is 4.81. The van der Waals surface area contributed by atoms with Gasteiger partial charge in [-0.25, -0.2) is 8.10 Å². The van der Waals surface area contributed by atoms with E-state index >= 15 is 0 Å².